The third-order valence-electron chi connectivity index (χ3n) is 3.51. The second-order valence-corrected chi connectivity index (χ2v) is 6.81. The summed E-state index contributed by atoms with van der Waals surface area (Å²) in [6.45, 7) is 7.51. The van der Waals surface area contributed by atoms with E-state index in [0.29, 0.717) is 29.2 Å². The van der Waals surface area contributed by atoms with Crippen LogP contribution >= 0.6 is 0 Å². The zero-order chi connectivity index (χ0) is 15.8. The molecule has 0 saturated carbocycles. The third-order valence-corrected chi connectivity index (χ3v) is 5.00. The third kappa shape index (κ3) is 2.93. The maximum atomic E-state index is 12.6. The van der Waals surface area contributed by atoms with Crippen LogP contribution in [-0.4, -0.2) is 18.6 Å². The number of hydrogen-bond acceptors (Lipinski definition) is 4. The molecule has 0 aliphatic carbocycles. The fourth-order valence-electron chi connectivity index (χ4n) is 2.27. The standard InChI is InChI=1S/C14H20N4O2S/c1-8-5-9(2)13(6-12(8)7-15)21(19,20)18-14-10(3)16-17-11(14)4/h5-6,18H,7,15H2,1-4H3,(H,16,17). The van der Waals surface area contributed by atoms with Crippen molar-refractivity contribution in [1.82, 2.24) is 10.2 Å². The molecule has 114 valence electrons. The van der Waals surface area contributed by atoms with Crippen LogP contribution in [0.4, 0.5) is 5.69 Å². The summed E-state index contributed by atoms with van der Waals surface area (Å²) in [5.41, 5.74) is 9.95. The smallest absolute Gasteiger partial charge is 0.262 e. The number of aromatic nitrogens is 2. The number of nitrogens with one attached hydrogen (secondary N) is 2. The van der Waals surface area contributed by atoms with Crippen molar-refractivity contribution >= 4 is 15.7 Å². The van der Waals surface area contributed by atoms with E-state index in [1.165, 1.54) is 0 Å². The molecule has 2 aromatic rings. The molecule has 1 heterocycles. The fraction of sp³-hybridized carbons (Fsp3) is 0.357. The van der Waals surface area contributed by atoms with Crippen molar-refractivity contribution in [2.45, 2.75) is 39.1 Å². The molecule has 1 aromatic heterocycles. The monoisotopic (exact) mass is 308 g/mol. The van der Waals surface area contributed by atoms with Gasteiger partial charge in [0.15, 0.2) is 0 Å². The zero-order valence-electron chi connectivity index (χ0n) is 12.6. The van der Waals surface area contributed by atoms with Gasteiger partial charge in [-0.25, -0.2) is 8.42 Å². The Morgan fingerprint density at radius 2 is 1.86 bits per heavy atom. The van der Waals surface area contributed by atoms with Crippen molar-refractivity contribution in [2.24, 2.45) is 5.73 Å². The van der Waals surface area contributed by atoms with Crippen molar-refractivity contribution in [1.29, 1.82) is 0 Å². The van der Waals surface area contributed by atoms with Gasteiger partial charge >= 0.3 is 0 Å². The lowest BCUT2D eigenvalue weighted by atomic mass is 10.1. The van der Waals surface area contributed by atoms with Crippen molar-refractivity contribution in [3.05, 3.63) is 40.2 Å². The second-order valence-electron chi connectivity index (χ2n) is 5.16. The highest BCUT2D eigenvalue weighted by molar-refractivity contribution is 7.92. The number of rotatable bonds is 4. The van der Waals surface area contributed by atoms with Gasteiger partial charge in [0.2, 0.25) is 0 Å². The van der Waals surface area contributed by atoms with E-state index in [1.807, 2.05) is 13.0 Å². The number of nitrogens with zero attached hydrogens (tertiary/aromatic N) is 1. The molecule has 2 rings (SSSR count). The minimum absolute atomic E-state index is 0.244. The number of aromatic amines is 1. The van der Waals surface area contributed by atoms with Gasteiger partial charge in [-0.05, 0) is 50.5 Å². The van der Waals surface area contributed by atoms with Crippen LogP contribution in [0.25, 0.3) is 0 Å². The molecule has 0 fully saturated rings. The number of sulfonamides is 1. The fourth-order valence-corrected chi connectivity index (χ4v) is 3.73. The van der Waals surface area contributed by atoms with E-state index in [2.05, 4.69) is 14.9 Å². The molecular weight excluding hydrogens is 288 g/mol. The van der Waals surface area contributed by atoms with Gasteiger partial charge < -0.3 is 5.73 Å². The molecular formula is C14H20N4O2S. The summed E-state index contributed by atoms with van der Waals surface area (Å²) >= 11 is 0. The topological polar surface area (TPSA) is 101 Å². The first kappa shape index (κ1) is 15.5. The molecule has 0 unspecified atom stereocenters. The predicted molar refractivity (Wildman–Crippen MR) is 82.7 cm³/mol. The van der Waals surface area contributed by atoms with Crippen molar-refractivity contribution in [2.75, 3.05) is 4.72 Å². The number of H-pyrrole nitrogens is 1. The molecule has 0 bridgehead atoms. The lowest BCUT2D eigenvalue weighted by Crippen LogP contribution is -2.16. The Kier molecular flexibility index (Phi) is 4.06. The molecule has 0 aliphatic heterocycles. The summed E-state index contributed by atoms with van der Waals surface area (Å²) < 4.78 is 27.8. The first-order valence-corrected chi connectivity index (χ1v) is 8.09. The molecule has 0 radical (unpaired) electrons. The summed E-state index contributed by atoms with van der Waals surface area (Å²) in [5.74, 6) is 0. The van der Waals surface area contributed by atoms with E-state index >= 15 is 0 Å². The zero-order valence-corrected chi connectivity index (χ0v) is 13.4. The Morgan fingerprint density at radius 1 is 1.19 bits per heavy atom. The van der Waals surface area contributed by atoms with E-state index in [4.69, 9.17) is 5.73 Å². The average Bonchev–Trinajstić information content (AvgIpc) is 2.70. The molecule has 4 N–H and O–H groups in total. The molecule has 21 heavy (non-hydrogen) atoms. The molecule has 0 aliphatic rings. The molecule has 0 spiro atoms. The van der Waals surface area contributed by atoms with Gasteiger partial charge in [0, 0.05) is 6.54 Å². The van der Waals surface area contributed by atoms with E-state index in [1.54, 1.807) is 26.8 Å². The van der Waals surface area contributed by atoms with Gasteiger partial charge in [0.25, 0.3) is 10.0 Å². The highest BCUT2D eigenvalue weighted by atomic mass is 32.2. The van der Waals surface area contributed by atoms with Crippen LogP contribution < -0.4 is 10.5 Å². The molecule has 7 heteroatoms. The number of anilines is 1. The van der Waals surface area contributed by atoms with E-state index in [-0.39, 0.29) is 4.90 Å². The van der Waals surface area contributed by atoms with Crippen LogP contribution in [0.5, 0.6) is 0 Å². The average molecular weight is 308 g/mol. The first-order valence-electron chi connectivity index (χ1n) is 6.61. The Labute approximate surface area is 124 Å². The van der Waals surface area contributed by atoms with Gasteiger partial charge in [0.1, 0.15) is 0 Å². The second kappa shape index (κ2) is 5.50. The molecule has 1 aromatic carbocycles. The van der Waals surface area contributed by atoms with Crippen LogP contribution in [-0.2, 0) is 16.6 Å². The normalized spacial score (nSPS) is 11.7. The summed E-state index contributed by atoms with van der Waals surface area (Å²) in [4.78, 5) is 0.244. The van der Waals surface area contributed by atoms with Crippen LogP contribution in [0.1, 0.15) is 28.1 Å². The molecule has 0 amide bonds. The number of benzene rings is 1. The van der Waals surface area contributed by atoms with Crippen LogP contribution in [0.15, 0.2) is 17.0 Å². The lowest BCUT2D eigenvalue weighted by Gasteiger charge is -2.13. The summed E-state index contributed by atoms with van der Waals surface area (Å²) in [7, 11) is -3.67. The maximum Gasteiger partial charge on any atom is 0.262 e. The van der Waals surface area contributed by atoms with E-state index in [9.17, 15) is 8.42 Å². The minimum Gasteiger partial charge on any atom is -0.326 e. The molecule has 0 atom stereocenters. The van der Waals surface area contributed by atoms with Crippen molar-refractivity contribution in [3.63, 3.8) is 0 Å². The Balaban J connectivity index is 2.50. The van der Waals surface area contributed by atoms with Gasteiger partial charge in [-0.1, -0.05) is 6.07 Å². The lowest BCUT2D eigenvalue weighted by molar-refractivity contribution is 0.600. The van der Waals surface area contributed by atoms with Gasteiger partial charge in [-0.3, -0.25) is 9.82 Å². The highest BCUT2D eigenvalue weighted by Crippen LogP contribution is 2.25. The number of nitrogens with two attached hydrogens (primary N) is 1. The Morgan fingerprint density at radius 3 is 2.38 bits per heavy atom. The molecule has 6 nitrogen and oxygen atoms in total. The SMILES string of the molecule is Cc1cc(C)c(S(=O)(=O)Nc2c(C)n[nH]c2C)cc1CN. The maximum absolute atomic E-state index is 12.6. The summed E-state index contributed by atoms with van der Waals surface area (Å²) in [6.07, 6.45) is 0. The predicted octanol–water partition coefficient (Wildman–Crippen LogP) is 1.90. The van der Waals surface area contributed by atoms with Gasteiger partial charge in [-0.2, -0.15) is 5.10 Å². The Bertz CT molecular complexity index is 759. The van der Waals surface area contributed by atoms with Crippen molar-refractivity contribution < 1.29 is 8.42 Å². The Hall–Kier alpha value is -1.86. The van der Waals surface area contributed by atoms with Crippen LogP contribution in [0.2, 0.25) is 0 Å². The van der Waals surface area contributed by atoms with E-state index < -0.39 is 10.0 Å². The van der Waals surface area contributed by atoms with E-state index in [0.717, 1.165) is 11.1 Å². The van der Waals surface area contributed by atoms with Crippen LogP contribution in [0, 0.1) is 27.7 Å². The number of hydrogen-bond donors (Lipinski definition) is 3. The van der Waals surface area contributed by atoms with Crippen molar-refractivity contribution in [3.8, 4) is 0 Å². The summed E-state index contributed by atoms with van der Waals surface area (Å²) in [5, 5.41) is 6.75. The largest absolute Gasteiger partial charge is 0.326 e. The van der Waals surface area contributed by atoms with Gasteiger partial charge in [-0.15, -0.1) is 0 Å². The molecule has 0 saturated heterocycles. The highest BCUT2D eigenvalue weighted by Gasteiger charge is 2.21. The van der Waals surface area contributed by atoms with Crippen LogP contribution in [0.3, 0.4) is 0 Å². The number of aryl methyl sites for hydroxylation is 4. The first-order chi connectivity index (χ1) is 9.76. The van der Waals surface area contributed by atoms with Gasteiger partial charge in [0.05, 0.1) is 22.0 Å². The minimum atomic E-state index is -3.67. The quantitative estimate of drug-likeness (QED) is 0.803. The summed E-state index contributed by atoms with van der Waals surface area (Å²) in [6, 6.07) is 3.48.